The van der Waals surface area contributed by atoms with Gasteiger partial charge in [-0.3, -0.25) is 10.1 Å². The average molecular weight is 445 g/mol. The third-order valence-electron chi connectivity index (χ3n) is 5.68. The first-order chi connectivity index (χ1) is 16.0. The molecule has 170 valence electrons. The number of rotatable bonds is 10. The highest BCUT2D eigenvalue weighted by molar-refractivity contribution is 5.84. The number of fused-ring (bicyclic) bond motifs is 1. The second-order valence-electron chi connectivity index (χ2n) is 8.06. The molecule has 0 amide bonds. The van der Waals surface area contributed by atoms with Gasteiger partial charge >= 0.3 is 5.97 Å². The van der Waals surface area contributed by atoms with Crippen molar-refractivity contribution < 1.29 is 19.4 Å². The van der Waals surface area contributed by atoms with Crippen LogP contribution >= 0.6 is 0 Å². The standard InChI is InChI=1S/C27H28N2O4/c1-18-7-5-8-19(13-18)17-33-26-20(9-6-12-25(26)32-2)15-29-24(27(30)31)14-21-16-28-23-11-4-3-10-22(21)23/h3-13,16,24,28-29H,14-15,17H2,1-2H3,(H,30,31)/t24-/m0/s1. The van der Waals surface area contributed by atoms with Crippen LogP contribution in [0.1, 0.15) is 22.3 Å². The Labute approximate surface area is 193 Å². The molecular weight excluding hydrogens is 416 g/mol. The zero-order chi connectivity index (χ0) is 23.2. The first-order valence-electron chi connectivity index (χ1n) is 10.9. The molecule has 0 saturated heterocycles. The zero-order valence-corrected chi connectivity index (χ0v) is 18.8. The number of ether oxygens (including phenoxy) is 2. The maximum Gasteiger partial charge on any atom is 0.321 e. The van der Waals surface area contributed by atoms with Crippen molar-refractivity contribution in [3.63, 3.8) is 0 Å². The summed E-state index contributed by atoms with van der Waals surface area (Å²) >= 11 is 0. The Morgan fingerprint density at radius 3 is 2.67 bits per heavy atom. The Kier molecular flexibility index (Phi) is 6.95. The summed E-state index contributed by atoms with van der Waals surface area (Å²) in [6, 6.07) is 20.9. The van der Waals surface area contributed by atoms with Crippen molar-refractivity contribution in [2.45, 2.75) is 32.5 Å². The maximum absolute atomic E-state index is 12.0. The molecule has 6 heteroatoms. The van der Waals surface area contributed by atoms with E-state index in [1.54, 1.807) is 7.11 Å². The highest BCUT2D eigenvalue weighted by Gasteiger charge is 2.21. The van der Waals surface area contributed by atoms with E-state index in [1.165, 1.54) is 5.56 Å². The van der Waals surface area contributed by atoms with Crippen molar-refractivity contribution in [1.29, 1.82) is 0 Å². The number of hydrogen-bond donors (Lipinski definition) is 3. The number of benzene rings is 3. The van der Waals surface area contributed by atoms with Gasteiger partial charge in [0.1, 0.15) is 12.6 Å². The lowest BCUT2D eigenvalue weighted by atomic mass is 10.0. The third-order valence-corrected chi connectivity index (χ3v) is 5.68. The number of aliphatic carboxylic acids is 1. The molecule has 0 saturated carbocycles. The van der Waals surface area contributed by atoms with Gasteiger partial charge in [-0.1, -0.05) is 60.2 Å². The van der Waals surface area contributed by atoms with Gasteiger partial charge in [-0.25, -0.2) is 0 Å². The molecule has 0 aliphatic carbocycles. The number of aryl methyl sites for hydroxylation is 1. The van der Waals surface area contributed by atoms with Crippen LogP contribution in [0.4, 0.5) is 0 Å². The third kappa shape index (κ3) is 5.35. The Hall–Kier alpha value is -3.77. The molecule has 4 rings (SSSR count). The van der Waals surface area contributed by atoms with Gasteiger partial charge < -0.3 is 19.6 Å². The summed E-state index contributed by atoms with van der Waals surface area (Å²) < 4.78 is 11.7. The Morgan fingerprint density at radius 1 is 1.06 bits per heavy atom. The number of para-hydroxylation sites is 2. The predicted octanol–water partition coefficient (Wildman–Crippen LogP) is 4.85. The average Bonchev–Trinajstić information content (AvgIpc) is 3.23. The molecule has 0 aliphatic heterocycles. The van der Waals surface area contributed by atoms with Crippen LogP contribution in [0, 0.1) is 6.92 Å². The van der Waals surface area contributed by atoms with E-state index in [9.17, 15) is 9.90 Å². The number of aromatic nitrogens is 1. The first kappa shape index (κ1) is 22.4. The summed E-state index contributed by atoms with van der Waals surface area (Å²) in [5.74, 6) is 0.334. The molecule has 4 aromatic rings. The summed E-state index contributed by atoms with van der Waals surface area (Å²) in [7, 11) is 1.60. The number of carbonyl (C=O) groups is 1. The van der Waals surface area contributed by atoms with Gasteiger partial charge in [-0.2, -0.15) is 0 Å². The number of nitrogens with one attached hydrogen (secondary N) is 2. The van der Waals surface area contributed by atoms with E-state index >= 15 is 0 Å². The minimum absolute atomic E-state index is 0.333. The van der Waals surface area contributed by atoms with Crippen molar-refractivity contribution in [3.05, 3.63) is 95.2 Å². The number of carboxylic acid groups (broad SMARTS) is 1. The van der Waals surface area contributed by atoms with Gasteiger partial charge in [0.05, 0.1) is 7.11 Å². The number of methoxy groups -OCH3 is 1. The molecule has 1 heterocycles. The van der Waals surface area contributed by atoms with Gasteiger partial charge in [0.25, 0.3) is 0 Å². The molecule has 0 aliphatic rings. The van der Waals surface area contributed by atoms with E-state index in [0.717, 1.165) is 27.6 Å². The molecule has 6 nitrogen and oxygen atoms in total. The van der Waals surface area contributed by atoms with Crippen LogP contribution in [0.3, 0.4) is 0 Å². The zero-order valence-electron chi connectivity index (χ0n) is 18.8. The van der Waals surface area contributed by atoms with Crippen LogP contribution < -0.4 is 14.8 Å². The molecule has 1 atom stereocenters. The first-order valence-corrected chi connectivity index (χ1v) is 10.9. The normalized spacial score (nSPS) is 11.9. The second-order valence-corrected chi connectivity index (χ2v) is 8.06. The Bertz CT molecular complexity index is 1250. The van der Waals surface area contributed by atoms with Crippen LogP contribution in [0.2, 0.25) is 0 Å². The largest absolute Gasteiger partial charge is 0.493 e. The summed E-state index contributed by atoms with van der Waals surface area (Å²) in [4.78, 5) is 15.2. The van der Waals surface area contributed by atoms with Crippen molar-refractivity contribution in [1.82, 2.24) is 10.3 Å². The van der Waals surface area contributed by atoms with Gasteiger partial charge in [-0.15, -0.1) is 0 Å². The molecule has 3 N–H and O–H groups in total. The highest BCUT2D eigenvalue weighted by Crippen LogP contribution is 2.32. The maximum atomic E-state index is 12.0. The van der Waals surface area contributed by atoms with Crippen LogP contribution in [0.25, 0.3) is 10.9 Å². The van der Waals surface area contributed by atoms with Crippen molar-refractivity contribution in [2.75, 3.05) is 7.11 Å². The lowest BCUT2D eigenvalue weighted by Gasteiger charge is -2.18. The van der Waals surface area contributed by atoms with Crippen LogP contribution in [-0.2, 0) is 24.4 Å². The molecule has 0 fully saturated rings. The SMILES string of the molecule is COc1cccc(CN[C@@H](Cc2c[nH]c3ccccc23)C(=O)O)c1OCc1cccc(C)c1. The summed E-state index contributed by atoms with van der Waals surface area (Å²) in [5.41, 5.74) is 5.03. The lowest BCUT2D eigenvalue weighted by molar-refractivity contribution is -0.139. The van der Waals surface area contributed by atoms with E-state index < -0.39 is 12.0 Å². The fraction of sp³-hybridized carbons (Fsp3) is 0.222. The summed E-state index contributed by atoms with van der Waals surface area (Å²) in [5, 5.41) is 14.1. The lowest BCUT2D eigenvalue weighted by Crippen LogP contribution is -2.38. The minimum atomic E-state index is -0.898. The monoisotopic (exact) mass is 444 g/mol. The number of H-pyrrole nitrogens is 1. The molecule has 0 unspecified atom stereocenters. The molecule has 33 heavy (non-hydrogen) atoms. The van der Waals surface area contributed by atoms with E-state index in [0.29, 0.717) is 31.1 Å². The van der Waals surface area contributed by atoms with Crippen molar-refractivity contribution in [2.24, 2.45) is 0 Å². The van der Waals surface area contributed by atoms with E-state index in [2.05, 4.69) is 16.4 Å². The minimum Gasteiger partial charge on any atom is -0.493 e. The quantitative estimate of drug-likeness (QED) is 0.326. The summed E-state index contributed by atoms with van der Waals surface area (Å²) in [6.07, 6.45) is 2.24. The van der Waals surface area contributed by atoms with Crippen LogP contribution in [0.5, 0.6) is 11.5 Å². The van der Waals surface area contributed by atoms with Crippen LogP contribution in [0.15, 0.2) is 72.9 Å². The number of carboxylic acids is 1. The Balaban J connectivity index is 1.50. The van der Waals surface area contributed by atoms with E-state index in [4.69, 9.17) is 9.47 Å². The second kappa shape index (κ2) is 10.2. The van der Waals surface area contributed by atoms with E-state index in [1.807, 2.05) is 73.8 Å². The topological polar surface area (TPSA) is 83.6 Å². The van der Waals surface area contributed by atoms with Gasteiger partial charge in [-0.05, 0) is 30.2 Å². The van der Waals surface area contributed by atoms with E-state index in [-0.39, 0.29) is 0 Å². The number of hydrogen-bond acceptors (Lipinski definition) is 4. The van der Waals surface area contributed by atoms with Crippen molar-refractivity contribution >= 4 is 16.9 Å². The molecule has 1 aromatic heterocycles. The summed E-state index contributed by atoms with van der Waals surface area (Å²) in [6.45, 7) is 2.77. The molecule has 0 spiro atoms. The van der Waals surface area contributed by atoms with Crippen LogP contribution in [-0.4, -0.2) is 29.2 Å². The Morgan fingerprint density at radius 2 is 1.88 bits per heavy atom. The fourth-order valence-electron chi connectivity index (χ4n) is 3.98. The molecule has 3 aromatic carbocycles. The van der Waals surface area contributed by atoms with Gasteiger partial charge in [0, 0.05) is 35.6 Å². The van der Waals surface area contributed by atoms with Gasteiger partial charge in [0.15, 0.2) is 11.5 Å². The highest BCUT2D eigenvalue weighted by atomic mass is 16.5. The number of aromatic amines is 1. The van der Waals surface area contributed by atoms with Gasteiger partial charge in [0.2, 0.25) is 0 Å². The fourth-order valence-corrected chi connectivity index (χ4v) is 3.98. The molecular formula is C27H28N2O4. The molecule has 0 bridgehead atoms. The molecule has 0 radical (unpaired) electrons. The van der Waals surface area contributed by atoms with Crippen molar-refractivity contribution in [3.8, 4) is 11.5 Å². The predicted molar refractivity (Wildman–Crippen MR) is 129 cm³/mol. The smallest absolute Gasteiger partial charge is 0.321 e.